The Labute approximate surface area is 156 Å². The minimum atomic E-state index is -0.119. The quantitative estimate of drug-likeness (QED) is 0.551. The topological polar surface area (TPSA) is 58.4 Å². The molecular formula is C19H22IN3O. The van der Waals surface area contributed by atoms with Crippen molar-refractivity contribution in [3.63, 3.8) is 0 Å². The van der Waals surface area contributed by atoms with Gasteiger partial charge in [-0.1, -0.05) is 6.07 Å². The first-order valence-electron chi connectivity index (χ1n) is 8.27. The fraction of sp³-hybridized carbons (Fsp3) is 0.316. The number of hydrogen-bond donors (Lipinski definition) is 2. The van der Waals surface area contributed by atoms with Gasteiger partial charge in [-0.2, -0.15) is 0 Å². The molecule has 0 spiro atoms. The van der Waals surface area contributed by atoms with E-state index in [1.165, 1.54) is 19.3 Å². The van der Waals surface area contributed by atoms with Crippen molar-refractivity contribution in [1.82, 2.24) is 0 Å². The van der Waals surface area contributed by atoms with Gasteiger partial charge in [0.2, 0.25) is 0 Å². The number of nitrogens with one attached hydrogen (secondary N) is 1. The molecule has 1 aliphatic rings. The number of anilines is 3. The minimum Gasteiger partial charge on any atom is -0.397 e. The van der Waals surface area contributed by atoms with Gasteiger partial charge in [-0.15, -0.1) is 0 Å². The lowest BCUT2D eigenvalue weighted by atomic mass is 10.0. The van der Waals surface area contributed by atoms with Crippen LogP contribution in [0.2, 0.25) is 0 Å². The molecule has 0 aliphatic carbocycles. The van der Waals surface area contributed by atoms with E-state index in [9.17, 15) is 4.79 Å². The lowest BCUT2D eigenvalue weighted by molar-refractivity contribution is 0.102. The molecule has 3 N–H and O–H groups in total. The van der Waals surface area contributed by atoms with Crippen LogP contribution in [0.5, 0.6) is 0 Å². The molecule has 126 valence electrons. The third-order valence-corrected chi connectivity index (χ3v) is 5.16. The van der Waals surface area contributed by atoms with Gasteiger partial charge < -0.3 is 16.0 Å². The van der Waals surface area contributed by atoms with Crippen LogP contribution in [-0.4, -0.2) is 18.5 Å². The third kappa shape index (κ3) is 3.83. The summed E-state index contributed by atoms with van der Waals surface area (Å²) in [5.74, 6) is -0.119. The molecule has 1 saturated heterocycles. The highest BCUT2D eigenvalue weighted by Gasteiger charge is 2.20. The molecular weight excluding hydrogens is 413 g/mol. The number of rotatable bonds is 3. The number of nitrogens with two attached hydrogens (primary N) is 1. The SMILES string of the molecule is C[C@@H]1CCCCN1c1ccc(NC(=O)c2cccc(I)c2)cc1N. The molecule has 3 rings (SSSR count). The predicted molar refractivity (Wildman–Crippen MR) is 109 cm³/mol. The second-order valence-electron chi connectivity index (χ2n) is 6.28. The van der Waals surface area contributed by atoms with E-state index in [1.807, 2.05) is 42.5 Å². The van der Waals surface area contributed by atoms with E-state index in [4.69, 9.17) is 5.73 Å². The molecule has 2 aromatic rings. The maximum absolute atomic E-state index is 12.4. The van der Waals surface area contributed by atoms with Crippen molar-refractivity contribution in [2.24, 2.45) is 0 Å². The average Bonchev–Trinajstić information content (AvgIpc) is 2.56. The Balaban J connectivity index is 1.76. The van der Waals surface area contributed by atoms with Crippen LogP contribution in [0.3, 0.4) is 0 Å². The van der Waals surface area contributed by atoms with Gasteiger partial charge in [-0.25, -0.2) is 0 Å². The molecule has 0 bridgehead atoms. The summed E-state index contributed by atoms with van der Waals surface area (Å²) >= 11 is 2.20. The number of piperidine rings is 1. The third-order valence-electron chi connectivity index (χ3n) is 4.48. The second-order valence-corrected chi connectivity index (χ2v) is 7.52. The Bertz CT molecular complexity index is 747. The Morgan fingerprint density at radius 2 is 2.08 bits per heavy atom. The number of nitrogens with zero attached hydrogens (tertiary/aromatic N) is 1. The van der Waals surface area contributed by atoms with Crippen molar-refractivity contribution >= 4 is 45.6 Å². The Kier molecular flexibility index (Phi) is 5.28. The van der Waals surface area contributed by atoms with Gasteiger partial charge in [0.25, 0.3) is 5.91 Å². The molecule has 2 aromatic carbocycles. The normalized spacial score (nSPS) is 17.6. The standard InChI is InChI=1S/C19H22IN3O/c1-13-5-2-3-10-23(13)18-9-8-16(12-17(18)21)22-19(24)14-6-4-7-15(20)11-14/h4,6-9,11-13H,2-3,5,10,21H2,1H3,(H,22,24)/t13-/m1/s1. The molecule has 1 fully saturated rings. The van der Waals surface area contributed by atoms with Crippen LogP contribution in [0.4, 0.5) is 17.1 Å². The highest BCUT2D eigenvalue weighted by Crippen LogP contribution is 2.31. The van der Waals surface area contributed by atoms with E-state index < -0.39 is 0 Å². The van der Waals surface area contributed by atoms with Crippen molar-refractivity contribution in [2.45, 2.75) is 32.2 Å². The zero-order valence-electron chi connectivity index (χ0n) is 13.8. The molecule has 0 unspecified atom stereocenters. The van der Waals surface area contributed by atoms with Crippen LogP contribution in [-0.2, 0) is 0 Å². The molecule has 5 heteroatoms. The van der Waals surface area contributed by atoms with Crippen LogP contribution in [0.15, 0.2) is 42.5 Å². The minimum absolute atomic E-state index is 0.119. The summed E-state index contributed by atoms with van der Waals surface area (Å²) in [5, 5.41) is 2.93. The molecule has 24 heavy (non-hydrogen) atoms. The number of nitrogen functional groups attached to an aromatic ring is 1. The van der Waals surface area contributed by atoms with Crippen molar-refractivity contribution in [1.29, 1.82) is 0 Å². The van der Waals surface area contributed by atoms with Crippen molar-refractivity contribution in [2.75, 3.05) is 22.5 Å². The van der Waals surface area contributed by atoms with Crippen molar-refractivity contribution < 1.29 is 4.79 Å². The molecule has 0 radical (unpaired) electrons. The van der Waals surface area contributed by atoms with Gasteiger partial charge >= 0.3 is 0 Å². The zero-order valence-corrected chi connectivity index (χ0v) is 15.9. The van der Waals surface area contributed by atoms with E-state index >= 15 is 0 Å². The zero-order chi connectivity index (χ0) is 17.1. The van der Waals surface area contributed by atoms with Gasteiger partial charge in [-0.05, 0) is 85.2 Å². The summed E-state index contributed by atoms with van der Waals surface area (Å²) in [6.45, 7) is 3.28. The summed E-state index contributed by atoms with van der Waals surface area (Å²) in [6.07, 6.45) is 3.68. The van der Waals surface area contributed by atoms with E-state index in [-0.39, 0.29) is 5.91 Å². The van der Waals surface area contributed by atoms with Gasteiger partial charge in [0.05, 0.1) is 11.4 Å². The Morgan fingerprint density at radius 3 is 2.79 bits per heavy atom. The second kappa shape index (κ2) is 7.42. The highest BCUT2D eigenvalue weighted by atomic mass is 127. The summed E-state index contributed by atoms with van der Waals surface area (Å²) in [4.78, 5) is 14.7. The molecule has 1 amide bonds. The van der Waals surface area contributed by atoms with E-state index in [1.54, 1.807) is 0 Å². The molecule has 1 atom stereocenters. The monoisotopic (exact) mass is 435 g/mol. The number of benzene rings is 2. The average molecular weight is 435 g/mol. The molecule has 4 nitrogen and oxygen atoms in total. The lowest BCUT2D eigenvalue weighted by Crippen LogP contribution is -2.37. The van der Waals surface area contributed by atoms with Crippen LogP contribution in [0.25, 0.3) is 0 Å². The number of carbonyl (C=O) groups is 1. The largest absolute Gasteiger partial charge is 0.397 e. The predicted octanol–water partition coefficient (Wildman–Crippen LogP) is 4.50. The van der Waals surface area contributed by atoms with Gasteiger partial charge in [-0.3, -0.25) is 4.79 Å². The molecule has 0 aromatic heterocycles. The van der Waals surface area contributed by atoms with E-state index in [0.29, 0.717) is 17.3 Å². The Hall–Kier alpha value is -1.76. The molecule has 0 saturated carbocycles. The van der Waals surface area contributed by atoms with Crippen LogP contribution in [0.1, 0.15) is 36.5 Å². The van der Waals surface area contributed by atoms with Gasteiger partial charge in [0.15, 0.2) is 0 Å². The summed E-state index contributed by atoms with van der Waals surface area (Å²) in [6, 6.07) is 13.8. The summed E-state index contributed by atoms with van der Waals surface area (Å²) in [7, 11) is 0. The molecule has 1 heterocycles. The van der Waals surface area contributed by atoms with E-state index in [0.717, 1.165) is 21.5 Å². The van der Waals surface area contributed by atoms with Gasteiger partial charge in [0, 0.05) is 27.4 Å². The summed E-state index contributed by atoms with van der Waals surface area (Å²) < 4.78 is 1.04. The van der Waals surface area contributed by atoms with Gasteiger partial charge in [0.1, 0.15) is 0 Å². The van der Waals surface area contributed by atoms with Crippen molar-refractivity contribution in [3.05, 3.63) is 51.6 Å². The lowest BCUT2D eigenvalue weighted by Gasteiger charge is -2.36. The Morgan fingerprint density at radius 1 is 1.25 bits per heavy atom. The number of amides is 1. The van der Waals surface area contributed by atoms with E-state index in [2.05, 4.69) is 39.7 Å². The van der Waals surface area contributed by atoms with Crippen LogP contribution < -0.4 is 16.0 Å². The first kappa shape index (κ1) is 17.1. The van der Waals surface area contributed by atoms with Crippen LogP contribution in [0, 0.1) is 3.57 Å². The maximum atomic E-state index is 12.4. The maximum Gasteiger partial charge on any atom is 0.255 e. The summed E-state index contributed by atoms with van der Waals surface area (Å²) in [5.41, 5.74) is 9.41. The fourth-order valence-corrected chi connectivity index (χ4v) is 3.73. The smallest absolute Gasteiger partial charge is 0.255 e. The number of hydrogen-bond acceptors (Lipinski definition) is 3. The fourth-order valence-electron chi connectivity index (χ4n) is 3.18. The molecule has 1 aliphatic heterocycles. The van der Waals surface area contributed by atoms with Crippen molar-refractivity contribution in [3.8, 4) is 0 Å². The number of halogens is 1. The van der Waals surface area contributed by atoms with Crippen LogP contribution >= 0.6 is 22.6 Å². The first-order chi connectivity index (χ1) is 11.5. The first-order valence-corrected chi connectivity index (χ1v) is 9.35. The highest BCUT2D eigenvalue weighted by molar-refractivity contribution is 14.1. The number of carbonyl (C=O) groups excluding carboxylic acids is 1.